The number of carboxylic acids is 1. The molecular weight excluding hydrogens is 288 g/mol. The predicted molar refractivity (Wildman–Crippen MR) is 81.9 cm³/mol. The van der Waals surface area contributed by atoms with E-state index in [0.29, 0.717) is 22.9 Å². The van der Waals surface area contributed by atoms with Crippen molar-refractivity contribution in [1.29, 1.82) is 0 Å². The first kappa shape index (κ1) is 15.2. The number of carbonyl (C=O) groups is 2. The van der Waals surface area contributed by atoms with E-state index in [1.807, 2.05) is 13.8 Å². The Balaban J connectivity index is 2.03. The van der Waals surface area contributed by atoms with Gasteiger partial charge in [0.1, 0.15) is 5.69 Å². The van der Waals surface area contributed by atoms with E-state index >= 15 is 0 Å². The Labute approximate surface area is 126 Å². The summed E-state index contributed by atoms with van der Waals surface area (Å²) in [6, 6.07) is 6.74. The Kier molecular flexibility index (Phi) is 4.70. The van der Waals surface area contributed by atoms with Crippen LogP contribution in [0.1, 0.15) is 40.8 Å². The molecule has 1 aromatic carbocycles. The van der Waals surface area contributed by atoms with Gasteiger partial charge in [0.2, 0.25) is 0 Å². The maximum absolute atomic E-state index is 12.1. The molecule has 0 radical (unpaired) electrons. The molecule has 6 heteroatoms. The van der Waals surface area contributed by atoms with Crippen molar-refractivity contribution in [1.82, 2.24) is 4.98 Å². The quantitative estimate of drug-likeness (QED) is 0.889. The molecule has 2 rings (SSSR count). The number of nitrogens with zero attached hydrogens (tertiary/aromatic N) is 1. The Hall–Kier alpha value is -2.21. The van der Waals surface area contributed by atoms with E-state index in [1.54, 1.807) is 29.6 Å². The minimum atomic E-state index is -0.879. The van der Waals surface area contributed by atoms with E-state index in [-0.39, 0.29) is 12.3 Å². The smallest absolute Gasteiger partial charge is 0.307 e. The molecule has 0 saturated carbocycles. The summed E-state index contributed by atoms with van der Waals surface area (Å²) < 4.78 is 0. The van der Waals surface area contributed by atoms with Crippen LogP contribution in [-0.4, -0.2) is 22.0 Å². The highest BCUT2D eigenvalue weighted by atomic mass is 32.1. The van der Waals surface area contributed by atoms with Crippen LogP contribution < -0.4 is 5.32 Å². The van der Waals surface area contributed by atoms with Gasteiger partial charge in [-0.1, -0.05) is 26.0 Å². The van der Waals surface area contributed by atoms with Crippen LogP contribution >= 0.6 is 11.3 Å². The number of aromatic nitrogens is 1. The Morgan fingerprint density at radius 2 is 1.95 bits per heavy atom. The molecule has 1 amide bonds. The highest BCUT2D eigenvalue weighted by Crippen LogP contribution is 2.20. The second-order valence-electron chi connectivity index (χ2n) is 4.95. The van der Waals surface area contributed by atoms with Crippen LogP contribution in [0.15, 0.2) is 29.6 Å². The van der Waals surface area contributed by atoms with E-state index in [0.717, 1.165) is 5.01 Å². The summed E-state index contributed by atoms with van der Waals surface area (Å²) in [5.41, 5.74) is 1.71. The molecule has 0 spiro atoms. The molecule has 0 saturated heterocycles. The molecule has 5 nitrogen and oxygen atoms in total. The highest BCUT2D eigenvalue weighted by Gasteiger charge is 2.12. The number of rotatable bonds is 5. The van der Waals surface area contributed by atoms with Crippen LogP contribution in [0, 0.1) is 0 Å². The topological polar surface area (TPSA) is 79.3 Å². The zero-order valence-corrected chi connectivity index (χ0v) is 12.6. The first-order valence-corrected chi connectivity index (χ1v) is 7.41. The van der Waals surface area contributed by atoms with Crippen molar-refractivity contribution in [2.45, 2.75) is 26.2 Å². The van der Waals surface area contributed by atoms with Gasteiger partial charge in [-0.3, -0.25) is 9.59 Å². The fourth-order valence-corrected chi connectivity index (χ4v) is 2.55. The molecule has 110 valence electrons. The molecule has 0 aliphatic carbocycles. The third kappa shape index (κ3) is 4.13. The third-order valence-electron chi connectivity index (χ3n) is 2.82. The van der Waals surface area contributed by atoms with Gasteiger partial charge in [-0.15, -0.1) is 11.3 Å². The fraction of sp³-hybridized carbons (Fsp3) is 0.267. The summed E-state index contributed by atoms with van der Waals surface area (Å²) in [4.78, 5) is 26.9. The van der Waals surface area contributed by atoms with Crippen LogP contribution in [0.5, 0.6) is 0 Å². The van der Waals surface area contributed by atoms with E-state index in [9.17, 15) is 9.59 Å². The van der Waals surface area contributed by atoms with E-state index < -0.39 is 5.97 Å². The highest BCUT2D eigenvalue weighted by molar-refractivity contribution is 7.09. The van der Waals surface area contributed by atoms with E-state index in [1.165, 1.54) is 11.3 Å². The second kappa shape index (κ2) is 6.49. The van der Waals surface area contributed by atoms with Gasteiger partial charge in [-0.25, -0.2) is 4.98 Å². The first-order valence-electron chi connectivity index (χ1n) is 6.53. The zero-order valence-electron chi connectivity index (χ0n) is 11.8. The zero-order chi connectivity index (χ0) is 15.4. The number of hydrogen-bond donors (Lipinski definition) is 2. The normalized spacial score (nSPS) is 10.6. The molecule has 1 aromatic heterocycles. The Morgan fingerprint density at radius 3 is 2.48 bits per heavy atom. The maximum atomic E-state index is 12.1. The number of aliphatic carboxylic acids is 1. The number of benzene rings is 1. The van der Waals surface area contributed by atoms with Gasteiger partial charge >= 0.3 is 5.97 Å². The van der Waals surface area contributed by atoms with Gasteiger partial charge in [0.15, 0.2) is 0 Å². The molecule has 0 fully saturated rings. The number of amides is 1. The van der Waals surface area contributed by atoms with Gasteiger partial charge in [0.25, 0.3) is 5.91 Å². The average Bonchev–Trinajstić information content (AvgIpc) is 2.90. The monoisotopic (exact) mass is 304 g/mol. The molecule has 0 unspecified atom stereocenters. The van der Waals surface area contributed by atoms with Crippen LogP contribution in [0.25, 0.3) is 0 Å². The van der Waals surface area contributed by atoms with Crippen LogP contribution in [0.2, 0.25) is 0 Å². The summed E-state index contributed by atoms with van der Waals surface area (Å²) >= 11 is 1.47. The largest absolute Gasteiger partial charge is 0.481 e. The first-order chi connectivity index (χ1) is 9.95. The van der Waals surface area contributed by atoms with Crippen molar-refractivity contribution >= 4 is 28.9 Å². The van der Waals surface area contributed by atoms with Gasteiger partial charge in [-0.2, -0.15) is 0 Å². The SMILES string of the molecule is CC(C)c1nc(C(=O)Nc2ccc(CC(=O)O)cc2)cs1. The molecule has 0 atom stereocenters. The predicted octanol–water partition coefficient (Wildman–Crippen LogP) is 3.15. The van der Waals surface area contributed by atoms with E-state index in [4.69, 9.17) is 5.11 Å². The molecule has 1 heterocycles. The summed E-state index contributed by atoms with van der Waals surface area (Å²) in [5.74, 6) is -0.841. The van der Waals surface area contributed by atoms with Gasteiger partial charge in [0, 0.05) is 17.0 Å². The Morgan fingerprint density at radius 1 is 1.29 bits per heavy atom. The fourth-order valence-electron chi connectivity index (χ4n) is 1.73. The lowest BCUT2D eigenvalue weighted by Gasteiger charge is -2.04. The number of nitrogens with one attached hydrogen (secondary N) is 1. The van der Waals surface area contributed by atoms with Crippen molar-refractivity contribution in [3.63, 3.8) is 0 Å². The summed E-state index contributed by atoms with van der Waals surface area (Å²) in [5, 5.41) is 14.1. The minimum absolute atomic E-state index is 0.0297. The molecule has 2 N–H and O–H groups in total. The summed E-state index contributed by atoms with van der Waals surface area (Å²) in [6.07, 6.45) is -0.0297. The number of thiazole rings is 1. The molecule has 2 aromatic rings. The van der Waals surface area contributed by atoms with Gasteiger partial charge in [-0.05, 0) is 17.7 Å². The number of carboxylic acid groups (broad SMARTS) is 1. The number of hydrogen-bond acceptors (Lipinski definition) is 4. The molecule has 0 aliphatic heterocycles. The van der Waals surface area contributed by atoms with Crippen molar-refractivity contribution in [2.24, 2.45) is 0 Å². The summed E-state index contributed by atoms with van der Waals surface area (Å²) in [6.45, 7) is 4.06. The standard InChI is InChI=1S/C15H16N2O3S/c1-9(2)15-17-12(8-21-15)14(20)16-11-5-3-10(4-6-11)7-13(18)19/h3-6,8-9H,7H2,1-2H3,(H,16,20)(H,18,19). The summed E-state index contributed by atoms with van der Waals surface area (Å²) in [7, 11) is 0. The van der Waals surface area contributed by atoms with Gasteiger partial charge in [0.05, 0.1) is 11.4 Å². The number of carbonyl (C=O) groups excluding carboxylic acids is 1. The van der Waals surface area contributed by atoms with Gasteiger partial charge < -0.3 is 10.4 Å². The van der Waals surface area contributed by atoms with Crippen LogP contribution in [-0.2, 0) is 11.2 Å². The van der Waals surface area contributed by atoms with Crippen molar-refractivity contribution in [2.75, 3.05) is 5.32 Å². The Bertz CT molecular complexity index is 647. The van der Waals surface area contributed by atoms with Crippen molar-refractivity contribution in [3.05, 3.63) is 45.9 Å². The lowest BCUT2D eigenvalue weighted by molar-refractivity contribution is -0.136. The van der Waals surface area contributed by atoms with Crippen LogP contribution in [0.4, 0.5) is 5.69 Å². The maximum Gasteiger partial charge on any atom is 0.307 e. The van der Waals surface area contributed by atoms with E-state index in [2.05, 4.69) is 10.3 Å². The number of anilines is 1. The van der Waals surface area contributed by atoms with Crippen molar-refractivity contribution < 1.29 is 14.7 Å². The van der Waals surface area contributed by atoms with Crippen LogP contribution in [0.3, 0.4) is 0 Å². The molecule has 0 bridgehead atoms. The average molecular weight is 304 g/mol. The molecular formula is C15H16N2O3S. The van der Waals surface area contributed by atoms with Crippen molar-refractivity contribution in [3.8, 4) is 0 Å². The lowest BCUT2D eigenvalue weighted by Crippen LogP contribution is -2.12. The third-order valence-corrected chi connectivity index (χ3v) is 3.96. The molecule has 0 aliphatic rings. The second-order valence-corrected chi connectivity index (χ2v) is 5.84. The minimum Gasteiger partial charge on any atom is -0.481 e. The molecule has 21 heavy (non-hydrogen) atoms. The lowest BCUT2D eigenvalue weighted by atomic mass is 10.1.